The van der Waals surface area contributed by atoms with Crippen LogP contribution in [0.5, 0.6) is 0 Å². The van der Waals surface area contributed by atoms with Crippen LogP contribution >= 0.6 is 0 Å². The molecule has 1 aromatic rings. The highest BCUT2D eigenvalue weighted by Gasteiger charge is 2.24. The number of benzene rings is 1. The minimum absolute atomic E-state index is 0.0230. The number of hydrogen-bond acceptors (Lipinski definition) is 2. The van der Waals surface area contributed by atoms with Gasteiger partial charge in [-0.25, -0.2) is 0 Å². The SMILES string of the molecule is CCc1ccccc1NC(=O)CCN(C(C)=O)C1CCCC1. The van der Waals surface area contributed by atoms with Crippen LogP contribution in [0.25, 0.3) is 0 Å². The van der Waals surface area contributed by atoms with E-state index < -0.39 is 0 Å². The van der Waals surface area contributed by atoms with Crippen molar-refractivity contribution in [2.45, 2.75) is 58.4 Å². The number of hydrogen-bond donors (Lipinski definition) is 1. The zero-order valence-electron chi connectivity index (χ0n) is 13.6. The van der Waals surface area contributed by atoms with E-state index in [4.69, 9.17) is 0 Å². The predicted octanol–water partition coefficient (Wildman–Crippen LogP) is 3.37. The van der Waals surface area contributed by atoms with Crippen molar-refractivity contribution >= 4 is 17.5 Å². The fourth-order valence-corrected chi connectivity index (χ4v) is 3.20. The molecule has 4 heteroatoms. The highest BCUT2D eigenvalue weighted by molar-refractivity contribution is 5.91. The molecule has 0 aliphatic heterocycles. The Bertz CT molecular complexity index is 522. The fraction of sp³-hybridized carbons (Fsp3) is 0.556. The molecule has 0 bridgehead atoms. The van der Waals surface area contributed by atoms with Crippen LogP contribution in [0.2, 0.25) is 0 Å². The molecule has 1 N–H and O–H groups in total. The molecule has 1 aliphatic carbocycles. The third kappa shape index (κ3) is 4.33. The summed E-state index contributed by atoms with van der Waals surface area (Å²) >= 11 is 0. The maximum absolute atomic E-state index is 12.2. The van der Waals surface area contributed by atoms with Gasteiger partial charge in [0.15, 0.2) is 0 Å². The lowest BCUT2D eigenvalue weighted by Crippen LogP contribution is -2.39. The Balaban J connectivity index is 1.89. The van der Waals surface area contributed by atoms with Crippen molar-refractivity contribution in [1.82, 2.24) is 4.90 Å². The molecule has 0 aromatic heterocycles. The molecule has 120 valence electrons. The molecule has 0 atom stereocenters. The summed E-state index contributed by atoms with van der Waals surface area (Å²) in [6, 6.07) is 8.18. The minimum atomic E-state index is -0.0230. The maximum atomic E-state index is 12.2. The summed E-state index contributed by atoms with van der Waals surface area (Å²) in [6.45, 7) is 4.19. The molecular formula is C18H26N2O2. The van der Waals surface area contributed by atoms with Crippen LogP contribution < -0.4 is 5.32 Å². The third-order valence-corrected chi connectivity index (χ3v) is 4.42. The van der Waals surface area contributed by atoms with Gasteiger partial charge < -0.3 is 10.2 Å². The van der Waals surface area contributed by atoms with Crippen LogP contribution in [0.15, 0.2) is 24.3 Å². The number of carbonyl (C=O) groups is 2. The van der Waals surface area contributed by atoms with Gasteiger partial charge >= 0.3 is 0 Å². The lowest BCUT2D eigenvalue weighted by molar-refractivity contribution is -0.131. The van der Waals surface area contributed by atoms with Crippen LogP contribution in [0.4, 0.5) is 5.69 Å². The molecule has 1 fully saturated rings. The van der Waals surface area contributed by atoms with Crippen molar-refractivity contribution < 1.29 is 9.59 Å². The van der Waals surface area contributed by atoms with Gasteiger partial charge in [-0.3, -0.25) is 9.59 Å². The highest BCUT2D eigenvalue weighted by Crippen LogP contribution is 2.24. The van der Waals surface area contributed by atoms with Gasteiger partial charge in [0.2, 0.25) is 11.8 Å². The van der Waals surface area contributed by atoms with Gasteiger partial charge in [-0.15, -0.1) is 0 Å². The molecule has 1 aliphatic rings. The van der Waals surface area contributed by atoms with Crippen LogP contribution in [-0.4, -0.2) is 29.3 Å². The molecule has 0 radical (unpaired) electrons. The van der Waals surface area contributed by atoms with E-state index in [2.05, 4.69) is 12.2 Å². The third-order valence-electron chi connectivity index (χ3n) is 4.42. The van der Waals surface area contributed by atoms with Gasteiger partial charge in [0.1, 0.15) is 0 Å². The van der Waals surface area contributed by atoms with E-state index >= 15 is 0 Å². The Morgan fingerprint density at radius 1 is 1.23 bits per heavy atom. The first-order chi connectivity index (χ1) is 10.6. The zero-order chi connectivity index (χ0) is 15.9. The van der Waals surface area contributed by atoms with E-state index in [0.717, 1.165) is 30.5 Å². The lowest BCUT2D eigenvalue weighted by atomic mass is 10.1. The summed E-state index contributed by atoms with van der Waals surface area (Å²) in [6.07, 6.45) is 5.75. The number of para-hydroxylation sites is 1. The van der Waals surface area contributed by atoms with E-state index in [0.29, 0.717) is 19.0 Å². The standard InChI is InChI=1S/C18H26N2O2/c1-3-15-8-4-7-11-17(15)19-18(22)12-13-20(14(2)21)16-9-5-6-10-16/h4,7-8,11,16H,3,5-6,9-10,12-13H2,1-2H3,(H,19,22). The largest absolute Gasteiger partial charge is 0.339 e. The molecule has 2 rings (SSSR count). The number of amides is 2. The van der Waals surface area contributed by atoms with Crippen molar-refractivity contribution in [2.75, 3.05) is 11.9 Å². The lowest BCUT2D eigenvalue weighted by Gasteiger charge is -2.27. The Morgan fingerprint density at radius 3 is 2.55 bits per heavy atom. The summed E-state index contributed by atoms with van der Waals surface area (Å²) in [5.74, 6) is 0.0544. The average molecular weight is 302 g/mol. The van der Waals surface area contributed by atoms with Crippen LogP contribution in [0, 0.1) is 0 Å². The number of nitrogens with zero attached hydrogens (tertiary/aromatic N) is 1. The van der Waals surface area contributed by atoms with Gasteiger partial charge in [0.05, 0.1) is 0 Å². The summed E-state index contributed by atoms with van der Waals surface area (Å²) in [5.41, 5.74) is 2.01. The second-order valence-corrected chi connectivity index (χ2v) is 5.96. The Hall–Kier alpha value is -1.84. The summed E-state index contributed by atoms with van der Waals surface area (Å²) < 4.78 is 0. The molecule has 4 nitrogen and oxygen atoms in total. The van der Waals surface area contributed by atoms with Gasteiger partial charge in [-0.2, -0.15) is 0 Å². The van der Waals surface area contributed by atoms with Crippen LogP contribution in [0.3, 0.4) is 0 Å². The molecule has 1 aromatic carbocycles. The zero-order valence-corrected chi connectivity index (χ0v) is 13.6. The molecule has 2 amide bonds. The molecule has 0 heterocycles. The van der Waals surface area contributed by atoms with Crippen molar-refractivity contribution in [2.24, 2.45) is 0 Å². The second-order valence-electron chi connectivity index (χ2n) is 5.96. The van der Waals surface area contributed by atoms with E-state index in [1.54, 1.807) is 6.92 Å². The van der Waals surface area contributed by atoms with Gasteiger partial charge in [-0.1, -0.05) is 38.0 Å². The number of nitrogens with one attached hydrogen (secondary N) is 1. The first kappa shape index (κ1) is 16.5. The van der Waals surface area contributed by atoms with Gasteiger partial charge in [-0.05, 0) is 30.9 Å². The number of aryl methyl sites for hydroxylation is 1. The van der Waals surface area contributed by atoms with Crippen molar-refractivity contribution in [1.29, 1.82) is 0 Å². The molecule has 0 spiro atoms. The summed E-state index contributed by atoms with van der Waals surface area (Å²) in [4.78, 5) is 25.8. The van der Waals surface area contributed by atoms with Crippen LogP contribution in [-0.2, 0) is 16.0 Å². The Labute approximate surface area is 132 Å². The number of anilines is 1. The molecule has 0 saturated heterocycles. The smallest absolute Gasteiger partial charge is 0.226 e. The normalized spacial score (nSPS) is 14.8. The predicted molar refractivity (Wildman–Crippen MR) is 88.7 cm³/mol. The van der Waals surface area contributed by atoms with Crippen molar-refractivity contribution in [3.8, 4) is 0 Å². The quantitative estimate of drug-likeness (QED) is 0.876. The summed E-state index contributed by atoms with van der Waals surface area (Å²) in [7, 11) is 0. The van der Waals surface area contributed by atoms with Crippen LogP contribution in [0.1, 0.15) is 51.5 Å². The number of rotatable bonds is 6. The van der Waals surface area contributed by atoms with Crippen molar-refractivity contribution in [3.05, 3.63) is 29.8 Å². The topological polar surface area (TPSA) is 49.4 Å². The first-order valence-corrected chi connectivity index (χ1v) is 8.26. The maximum Gasteiger partial charge on any atom is 0.226 e. The Kier molecular flexibility index (Phi) is 5.99. The Morgan fingerprint density at radius 2 is 1.91 bits per heavy atom. The first-order valence-electron chi connectivity index (χ1n) is 8.26. The van der Waals surface area contributed by atoms with Gasteiger partial charge in [0, 0.05) is 31.6 Å². The molecule has 1 saturated carbocycles. The fourth-order valence-electron chi connectivity index (χ4n) is 3.20. The molecule has 0 unspecified atom stereocenters. The number of carbonyl (C=O) groups excluding carboxylic acids is 2. The molecule has 22 heavy (non-hydrogen) atoms. The van der Waals surface area contributed by atoms with E-state index in [1.165, 1.54) is 12.8 Å². The summed E-state index contributed by atoms with van der Waals surface area (Å²) in [5, 5.41) is 2.97. The van der Waals surface area contributed by atoms with E-state index in [1.807, 2.05) is 29.2 Å². The van der Waals surface area contributed by atoms with E-state index in [-0.39, 0.29) is 11.8 Å². The second kappa shape index (κ2) is 7.97. The van der Waals surface area contributed by atoms with Gasteiger partial charge in [0.25, 0.3) is 0 Å². The highest BCUT2D eigenvalue weighted by atomic mass is 16.2. The molecular weight excluding hydrogens is 276 g/mol. The van der Waals surface area contributed by atoms with E-state index in [9.17, 15) is 9.59 Å². The minimum Gasteiger partial charge on any atom is -0.339 e. The van der Waals surface area contributed by atoms with Crippen molar-refractivity contribution in [3.63, 3.8) is 0 Å². The average Bonchev–Trinajstić information content (AvgIpc) is 3.01. The monoisotopic (exact) mass is 302 g/mol.